The van der Waals surface area contributed by atoms with Crippen LogP contribution in [0.3, 0.4) is 0 Å². The number of nitrogens with zero attached hydrogens (tertiary/aromatic N) is 1. The Morgan fingerprint density at radius 2 is 2.44 bits per heavy atom. The molecular formula is C6H14N2O. The van der Waals surface area contributed by atoms with Gasteiger partial charge in [-0.2, -0.15) is 0 Å². The molecule has 1 unspecified atom stereocenters. The van der Waals surface area contributed by atoms with Crippen LogP contribution >= 0.6 is 0 Å². The Morgan fingerprint density at radius 1 is 1.67 bits per heavy atom. The van der Waals surface area contributed by atoms with Crippen molar-refractivity contribution < 1.29 is 5.11 Å². The van der Waals surface area contributed by atoms with Gasteiger partial charge in [-0.3, -0.25) is 4.90 Å². The summed E-state index contributed by atoms with van der Waals surface area (Å²) in [5.41, 5.74) is 5.68. The molecule has 9 heavy (non-hydrogen) atoms. The van der Waals surface area contributed by atoms with E-state index in [4.69, 9.17) is 10.8 Å². The third-order valence-corrected chi connectivity index (χ3v) is 1.80. The second-order valence-electron chi connectivity index (χ2n) is 2.47. The molecular weight excluding hydrogens is 116 g/mol. The summed E-state index contributed by atoms with van der Waals surface area (Å²) in [6.07, 6.45) is 2.47. The number of aliphatic hydroxyl groups excluding tert-OH is 1. The van der Waals surface area contributed by atoms with Gasteiger partial charge in [0.2, 0.25) is 0 Å². The van der Waals surface area contributed by atoms with Crippen molar-refractivity contribution in [3.8, 4) is 0 Å². The molecule has 0 bridgehead atoms. The Kier molecular flexibility index (Phi) is 2.45. The van der Waals surface area contributed by atoms with Crippen molar-refractivity contribution in [2.75, 3.05) is 19.7 Å². The fourth-order valence-electron chi connectivity index (χ4n) is 1.26. The Morgan fingerprint density at radius 3 is 2.89 bits per heavy atom. The van der Waals surface area contributed by atoms with Crippen LogP contribution < -0.4 is 5.73 Å². The zero-order valence-corrected chi connectivity index (χ0v) is 5.58. The molecule has 0 amide bonds. The van der Waals surface area contributed by atoms with Crippen LogP contribution in [-0.2, 0) is 0 Å². The lowest BCUT2D eigenvalue weighted by Crippen LogP contribution is -2.38. The smallest absolute Gasteiger partial charge is 0.0573 e. The highest BCUT2D eigenvalue weighted by atomic mass is 16.3. The molecule has 3 N–H and O–H groups in total. The lowest BCUT2D eigenvalue weighted by molar-refractivity contribution is 0.187. The van der Waals surface area contributed by atoms with Gasteiger partial charge in [0.05, 0.1) is 12.8 Å². The molecule has 0 spiro atoms. The Labute approximate surface area is 55.5 Å². The van der Waals surface area contributed by atoms with Crippen LogP contribution in [0.25, 0.3) is 0 Å². The van der Waals surface area contributed by atoms with Crippen molar-refractivity contribution in [1.82, 2.24) is 4.90 Å². The Balaban J connectivity index is 2.22. The zero-order chi connectivity index (χ0) is 6.69. The lowest BCUT2D eigenvalue weighted by Gasteiger charge is -2.18. The molecule has 54 valence electrons. The molecule has 1 saturated heterocycles. The van der Waals surface area contributed by atoms with E-state index < -0.39 is 0 Å². The second kappa shape index (κ2) is 3.15. The predicted octanol–water partition coefficient (Wildman–Crippen LogP) is -0.641. The summed E-state index contributed by atoms with van der Waals surface area (Å²) in [5, 5.41) is 8.55. The van der Waals surface area contributed by atoms with Crippen LogP contribution in [0.4, 0.5) is 0 Å². The van der Waals surface area contributed by atoms with Crippen LogP contribution in [-0.4, -0.2) is 35.9 Å². The number of nitrogens with two attached hydrogens (primary N) is 1. The number of hydrogen-bond donors (Lipinski definition) is 2. The van der Waals surface area contributed by atoms with Gasteiger partial charge >= 0.3 is 0 Å². The van der Waals surface area contributed by atoms with Crippen molar-refractivity contribution in [2.45, 2.75) is 19.0 Å². The van der Waals surface area contributed by atoms with E-state index >= 15 is 0 Å². The molecule has 0 aromatic rings. The summed E-state index contributed by atoms with van der Waals surface area (Å²) < 4.78 is 0. The summed E-state index contributed by atoms with van der Waals surface area (Å²) in [5.74, 6) is 0. The molecule has 1 rings (SSSR count). The van der Waals surface area contributed by atoms with Crippen LogP contribution in [0, 0.1) is 0 Å². The number of likely N-dealkylation sites (tertiary alicyclic amines) is 1. The van der Waals surface area contributed by atoms with Crippen molar-refractivity contribution in [2.24, 2.45) is 5.73 Å². The highest BCUT2D eigenvalue weighted by Gasteiger charge is 2.18. The highest BCUT2D eigenvalue weighted by molar-refractivity contribution is 4.72. The van der Waals surface area contributed by atoms with Crippen molar-refractivity contribution in [1.29, 1.82) is 0 Å². The van der Waals surface area contributed by atoms with Crippen molar-refractivity contribution >= 4 is 0 Å². The largest absolute Gasteiger partial charge is 0.395 e. The summed E-state index contributed by atoms with van der Waals surface area (Å²) in [4.78, 5) is 2.11. The quantitative estimate of drug-likeness (QED) is 0.522. The maximum atomic E-state index is 8.55. The fourth-order valence-corrected chi connectivity index (χ4v) is 1.26. The maximum absolute atomic E-state index is 8.55. The van der Waals surface area contributed by atoms with E-state index in [-0.39, 0.29) is 12.8 Å². The standard InChI is InChI=1S/C6H14N2O/c7-6-2-1-3-8(6)4-5-9/h6,9H,1-5,7H2. The van der Waals surface area contributed by atoms with E-state index in [9.17, 15) is 0 Å². The molecule has 0 aromatic heterocycles. The van der Waals surface area contributed by atoms with E-state index in [1.807, 2.05) is 0 Å². The molecule has 1 heterocycles. The number of rotatable bonds is 2. The first-order chi connectivity index (χ1) is 4.34. The van der Waals surface area contributed by atoms with Gasteiger partial charge in [-0.15, -0.1) is 0 Å². The third kappa shape index (κ3) is 1.64. The maximum Gasteiger partial charge on any atom is 0.0573 e. The molecule has 0 radical (unpaired) electrons. The average molecular weight is 130 g/mol. The van der Waals surface area contributed by atoms with E-state index in [0.717, 1.165) is 19.5 Å². The summed E-state index contributed by atoms with van der Waals surface area (Å²) in [6, 6.07) is 0. The molecule has 3 heteroatoms. The third-order valence-electron chi connectivity index (χ3n) is 1.80. The molecule has 0 saturated carbocycles. The van der Waals surface area contributed by atoms with E-state index in [1.165, 1.54) is 6.42 Å². The van der Waals surface area contributed by atoms with E-state index in [1.54, 1.807) is 0 Å². The molecule has 1 aliphatic rings. The predicted molar refractivity (Wildman–Crippen MR) is 35.9 cm³/mol. The SMILES string of the molecule is NC1CCCN1CCO. The molecule has 0 aliphatic carbocycles. The summed E-state index contributed by atoms with van der Waals surface area (Å²) in [6.45, 7) is 2.02. The zero-order valence-electron chi connectivity index (χ0n) is 5.58. The van der Waals surface area contributed by atoms with Gasteiger partial charge in [0, 0.05) is 6.54 Å². The van der Waals surface area contributed by atoms with Gasteiger partial charge in [-0.1, -0.05) is 0 Å². The van der Waals surface area contributed by atoms with Gasteiger partial charge in [0.1, 0.15) is 0 Å². The van der Waals surface area contributed by atoms with Crippen LogP contribution in [0.2, 0.25) is 0 Å². The average Bonchev–Trinajstić information content (AvgIpc) is 2.18. The number of β-amino-alcohol motifs (C(OH)–C–C–N with tert-alkyl or cyclic N) is 1. The van der Waals surface area contributed by atoms with Gasteiger partial charge in [-0.25, -0.2) is 0 Å². The van der Waals surface area contributed by atoms with Gasteiger partial charge in [0.15, 0.2) is 0 Å². The van der Waals surface area contributed by atoms with Crippen LogP contribution in [0.1, 0.15) is 12.8 Å². The fraction of sp³-hybridized carbons (Fsp3) is 1.00. The number of aliphatic hydroxyl groups is 1. The molecule has 0 aromatic carbocycles. The topological polar surface area (TPSA) is 49.5 Å². The Hall–Kier alpha value is -0.120. The first kappa shape index (κ1) is 6.99. The normalized spacial score (nSPS) is 29.3. The van der Waals surface area contributed by atoms with E-state index in [2.05, 4.69) is 4.90 Å². The van der Waals surface area contributed by atoms with Gasteiger partial charge in [-0.05, 0) is 19.4 Å². The minimum atomic E-state index is 0.206. The van der Waals surface area contributed by atoms with Crippen LogP contribution in [0.15, 0.2) is 0 Å². The number of hydrogen-bond acceptors (Lipinski definition) is 3. The Bertz CT molecular complexity index is 87.1. The minimum absolute atomic E-state index is 0.206. The molecule has 1 fully saturated rings. The lowest BCUT2D eigenvalue weighted by atomic mass is 10.3. The van der Waals surface area contributed by atoms with E-state index in [0.29, 0.717) is 0 Å². The van der Waals surface area contributed by atoms with Crippen molar-refractivity contribution in [3.05, 3.63) is 0 Å². The van der Waals surface area contributed by atoms with Gasteiger partial charge < -0.3 is 10.8 Å². The molecule has 1 aliphatic heterocycles. The molecule has 3 nitrogen and oxygen atoms in total. The first-order valence-electron chi connectivity index (χ1n) is 3.45. The monoisotopic (exact) mass is 130 g/mol. The van der Waals surface area contributed by atoms with Crippen molar-refractivity contribution in [3.63, 3.8) is 0 Å². The summed E-state index contributed by atoms with van der Waals surface area (Å²) in [7, 11) is 0. The summed E-state index contributed by atoms with van der Waals surface area (Å²) >= 11 is 0. The second-order valence-corrected chi connectivity index (χ2v) is 2.47. The van der Waals surface area contributed by atoms with Crippen LogP contribution in [0.5, 0.6) is 0 Å². The molecule has 1 atom stereocenters. The highest BCUT2D eigenvalue weighted by Crippen LogP contribution is 2.10. The van der Waals surface area contributed by atoms with Gasteiger partial charge in [0.25, 0.3) is 0 Å². The minimum Gasteiger partial charge on any atom is -0.395 e. The first-order valence-corrected chi connectivity index (χ1v) is 3.45.